The van der Waals surface area contributed by atoms with Crippen molar-refractivity contribution in [3.63, 3.8) is 0 Å². The van der Waals surface area contributed by atoms with Crippen LogP contribution in [0.15, 0.2) is 30.5 Å². The van der Waals surface area contributed by atoms with E-state index in [9.17, 15) is 0 Å². The number of alkyl halides is 1. The van der Waals surface area contributed by atoms with Crippen molar-refractivity contribution in [1.29, 1.82) is 0 Å². The summed E-state index contributed by atoms with van der Waals surface area (Å²) in [5.74, 6) is 0. The maximum atomic E-state index is 6.14. The number of hydrogen-bond acceptors (Lipinski definition) is 4. The molecule has 1 unspecified atom stereocenters. The molecule has 3 aromatic rings. The van der Waals surface area contributed by atoms with Gasteiger partial charge < -0.3 is 0 Å². The molecule has 0 amide bonds. The van der Waals surface area contributed by atoms with Gasteiger partial charge in [-0.25, -0.2) is 9.67 Å². The third-order valence-corrected chi connectivity index (χ3v) is 4.42. The van der Waals surface area contributed by atoms with Gasteiger partial charge >= 0.3 is 0 Å². The van der Waals surface area contributed by atoms with Gasteiger partial charge in [0.1, 0.15) is 10.7 Å². The Kier molecular flexibility index (Phi) is 3.48. The number of hydrogen-bond donors (Lipinski definition) is 0. The molecule has 0 N–H and O–H groups in total. The average Bonchev–Trinajstić information content (AvgIpc) is 3.04. The summed E-state index contributed by atoms with van der Waals surface area (Å²) in [7, 11) is 0. The number of para-hydroxylation sites is 1. The van der Waals surface area contributed by atoms with Gasteiger partial charge in [0.05, 0.1) is 28.3 Å². The average molecular weight is 293 g/mol. The molecule has 0 saturated heterocycles. The van der Waals surface area contributed by atoms with Crippen LogP contribution in [-0.2, 0) is 6.54 Å². The minimum atomic E-state index is -0.0656. The summed E-state index contributed by atoms with van der Waals surface area (Å²) in [4.78, 5) is 4.58. The lowest BCUT2D eigenvalue weighted by Crippen LogP contribution is -1.99. The predicted molar refractivity (Wildman–Crippen MR) is 77.6 cm³/mol. The summed E-state index contributed by atoms with van der Waals surface area (Å²) >= 11 is 7.83. The van der Waals surface area contributed by atoms with Gasteiger partial charge in [-0.1, -0.05) is 24.3 Å². The van der Waals surface area contributed by atoms with E-state index in [1.54, 1.807) is 16.0 Å². The lowest BCUT2D eigenvalue weighted by Gasteiger charge is -1.98. The van der Waals surface area contributed by atoms with Gasteiger partial charge in [0.2, 0.25) is 0 Å². The Balaban J connectivity index is 1.82. The van der Waals surface area contributed by atoms with Crippen LogP contribution in [-0.4, -0.2) is 20.0 Å². The molecule has 0 aliphatic rings. The number of halogens is 1. The molecule has 0 radical (unpaired) electrons. The molecular formula is C13H13ClN4S. The third kappa shape index (κ3) is 2.62. The van der Waals surface area contributed by atoms with E-state index in [0.717, 1.165) is 22.6 Å². The minimum Gasteiger partial charge on any atom is -0.245 e. The first-order valence-corrected chi connectivity index (χ1v) is 7.40. The van der Waals surface area contributed by atoms with E-state index in [1.165, 1.54) is 4.70 Å². The van der Waals surface area contributed by atoms with Gasteiger partial charge in [0.25, 0.3) is 0 Å². The molecular weight excluding hydrogens is 280 g/mol. The number of aromatic nitrogens is 4. The van der Waals surface area contributed by atoms with E-state index < -0.39 is 0 Å². The highest BCUT2D eigenvalue weighted by atomic mass is 35.5. The van der Waals surface area contributed by atoms with Gasteiger partial charge in [-0.2, -0.15) is 0 Å². The number of thiazole rings is 1. The van der Waals surface area contributed by atoms with Crippen molar-refractivity contribution in [3.8, 4) is 0 Å². The Hall–Kier alpha value is -1.46. The van der Waals surface area contributed by atoms with Crippen molar-refractivity contribution in [2.75, 3.05) is 0 Å². The smallest absolute Gasteiger partial charge is 0.115 e. The van der Waals surface area contributed by atoms with E-state index in [0.29, 0.717) is 6.54 Å². The molecule has 0 saturated carbocycles. The fourth-order valence-electron chi connectivity index (χ4n) is 1.87. The van der Waals surface area contributed by atoms with Crippen LogP contribution in [0.1, 0.15) is 29.4 Å². The molecule has 19 heavy (non-hydrogen) atoms. The largest absolute Gasteiger partial charge is 0.245 e. The standard InChI is InChI=1S/C13H13ClN4S/c1-2-9(14)11-7-18(17-16-11)8-13-15-10-5-3-4-6-12(10)19-13/h3-7,9H,2,8H2,1H3. The van der Waals surface area contributed by atoms with Crippen LogP contribution in [0.5, 0.6) is 0 Å². The van der Waals surface area contributed by atoms with Gasteiger partial charge in [-0.15, -0.1) is 28.0 Å². The quantitative estimate of drug-likeness (QED) is 0.690. The van der Waals surface area contributed by atoms with Crippen molar-refractivity contribution < 1.29 is 0 Å². The number of rotatable bonds is 4. The molecule has 6 heteroatoms. The molecule has 4 nitrogen and oxygen atoms in total. The van der Waals surface area contributed by atoms with Gasteiger partial charge in [-0.3, -0.25) is 0 Å². The summed E-state index contributed by atoms with van der Waals surface area (Å²) in [5, 5.41) is 9.16. The first kappa shape index (κ1) is 12.6. The second kappa shape index (κ2) is 5.27. The normalized spacial score (nSPS) is 12.9. The van der Waals surface area contributed by atoms with Crippen molar-refractivity contribution in [3.05, 3.63) is 41.2 Å². The molecule has 3 rings (SSSR count). The maximum absolute atomic E-state index is 6.14. The molecule has 2 aromatic heterocycles. The second-order valence-electron chi connectivity index (χ2n) is 4.29. The van der Waals surface area contributed by atoms with Crippen LogP contribution in [0.3, 0.4) is 0 Å². The monoisotopic (exact) mass is 292 g/mol. The zero-order valence-corrected chi connectivity index (χ0v) is 12.0. The number of nitrogens with zero attached hydrogens (tertiary/aromatic N) is 4. The first-order chi connectivity index (χ1) is 9.26. The molecule has 0 fully saturated rings. The van der Waals surface area contributed by atoms with E-state index in [4.69, 9.17) is 11.6 Å². The van der Waals surface area contributed by atoms with Gasteiger partial charge in [0.15, 0.2) is 0 Å². The van der Waals surface area contributed by atoms with E-state index in [1.807, 2.05) is 31.3 Å². The van der Waals surface area contributed by atoms with E-state index in [2.05, 4.69) is 21.4 Å². The molecule has 0 bridgehead atoms. The SMILES string of the molecule is CCC(Cl)c1cn(Cc2nc3ccccc3s2)nn1. The lowest BCUT2D eigenvalue weighted by atomic mass is 10.3. The van der Waals surface area contributed by atoms with Crippen molar-refractivity contribution in [1.82, 2.24) is 20.0 Å². The van der Waals surface area contributed by atoms with Crippen LogP contribution in [0.4, 0.5) is 0 Å². The Labute approximate surface area is 120 Å². The van der Waals surface area contributed by atoms with Crippen LogP contribution < -0.4 is 0 Å². The number of fused-ring (bicyclic) bond motifs is 1. The van der Waals surface area contributed by atoms with Gasteiger partial charge in [-0.05, 0) is 18.6 Å². The number of benzene rings is 1. The molecule has 0 aliphatic carbocycles. The fraction of sp³-hybridized carbons (Fsp3) is 0.308. The predicted octanol–water partition coefficient (Wildman–Crippen LogP) is 3.63. The molecule has 98 valence electrons. The van der Waals surface area contributed by atoms with Crippen LogP contribution in [0, 0.1) is 0 Å². The topological polar surface area (TPSA) is 43.6 Å². The van der Waals surface area contributed by atoms with Crippen LogP contribution in [0.2, 0.25) is 0 Å². The van der Waals surface area contributed by atoms with E-state index >= 15 is 0 Å². The summed E-state index contributed by atoms with van der Waals surface area (Å²) in [6, 6.07) is 8.12. The highest BCUT2D eigenvalue weighted by Crippen LogP contribution is 2.23. The Morgan fingerprint density at radius 1 is 1.37 bits per heavy atom. The summed E-state index contributed by atoms with van der Waals surface area (Å²) < 4.78 is 2.99. The van der Waals surface area contributed by atoms with Gasteiger partial charge in [0, 0.05) is 0 Å². The lowest BCUT2D eigenvalue weighted by molar-refractivity contribution is 0.647. The molecule has 0 aliphatic heterocycles. The van der Waals surface area contributed by atoms with Crippen molar-refractivity contribution in [2.24, 2.45) is 0 Å². The Morgan fingerprint density at radius 2 is 2.21 bits per heavy atom. The van der Waals surface area contributed by atoms with E-state index in [-0.39, 0.29) is 5.38 Å². The molecule has 0 spiro atoms. The highest BCUT2D eigenvalue weighted by Gasteiger charge is 2.11. The summed E-state index contributed by atoms with van der Waals surface area (Å²) in [6.45, 7) is 2.67. The molecule has 2 heterocycles. The van der Waals surface area contributed by atoms with Crippen molar-refractivity contribution in [2.45, 2.75) is 25.3 Å². The summed E-state index contributed by atoms with van der Waals surface area (Å²) in [5.41, 5.74) is 1.86. The Morgan fingerprint density at radius 3 is 3.00 bits per heavy atom. The third-order valence-electron chi connectivity index (χ3n) is 2.87. The minimum absolute atomic E-state index is 0.0656. The Bertz CT molecular complexity index is 658. The van der Waals surface area contributed by atoms with Crippen LogP contribution >= 0.6 is 22.9 Å². The molecule has 1 atom stereocenters. The summed E-state index contributed by atoms with van der Waals surface area (Å²) in [6.07, 6.45) is 2.74. The highest BCUT2D eigenvalue weighted by molar-refractivity contribution is 7.18. The zero-order valence-electron chi connectivity index (χ0n) is 10.5. The zero-order chi connectivity index (χ0) is 13.2. The second-order valence-corrected chi connectivity index (χ2v) is 5.93. The molecule has 1 aromatic carbocycles. The first-order valence-electron chi connectivity index (χ1n) is 6.15. The maximum Gasteiger partial charge on any atom is 0.115 e. The van der Waals surface area contributed by atoms with Crippen molar-refractivity contribution >= 4 is 33.2 Å². The fourth-order valence-corrected chi connectivity index (χ4v) is 2.93. The van der Waals surface area contributed by atoms with Crippen LogP contribution in [0.25, 0.3) is 10.2 Å².